The molecule has 1 N–H and O–H groups in total. The minimum atomic E-state index is -0.0841. The molecule has 2 heterocycles. The van der Waals surface area contributed by atoms with Crippen molar-refractivity contribution >= 4 is 28.3 Å². The van der Waals surface area contributed by atoms with Gasteiger partial charge in [-0.15, -0.1) is 11.3 Å². The van der Waals surface area contributed by atoms with Gasteiger partial charge in [0.2, 0.25) is 11.8 Å². The lowest BCUT2D eigenvalue weighted by Gasteiger charge is -2.12. The summed E-state index contributed by atoms with van der Waals surface area (Å²) in [5, 5.41) is 5.37. The molecule has 6 nitrogen and oxygen atoms in total. The Bertz CT molecular complexity index is 489. The van der Waals surface area contributed by atoms with Gasteiger partial charge in [-0.3, -0.25) is 14.5 Å². The zero-order valence-electron chi connectivity index (χ0n) is 11.7. The Morgan fingerprint density at radius 1 is 1.65 bits per heavy atom. The van der Waals surface area contributed by atoms with Crippen LogP contribution in [0.2, 0.25) is 0 Å². The topological polar surface area (TPSA) is 71.5 Å². The van der Waals surface area contributed by atoms with Crippen LogP contribution in [0.1, 0.15) is 25.5 Å². The van der Waals surface area contributed by atoms with Crippen LogP contribution in [0.3, 0.4) is 0 Å². The number of nitrogens with zero attached hydrogens (tertiary/aromatic N) is 2. The summed E-state index contributed by atoms with van der Waals surface area (Å²) >= 11 is 1.41. The van der Waals surface area contributed by atoms with Gasteiger partial charge in [0.15, 0.2) is 5.13 Å². The van der Waals surface area contributed by atoms with E-state index in [2.05, 4.69) is 10.3 Å². The fourth-order valence-electron chi connectivity index (χ4n) is 2.13. The normalized spacial score (nSPS) is 16.5. The fraction of sp³-hybridized carbons (Fsp3) is 0.615. The molecule has 1 atom stereocenters. The molecule has 1 aliphatic rings. The average molecular weight is 297 g/mol. The van der Waals surface area contributed by atoms with Gasteiger partial charge in [0.05, 0.1) is 18.7 Å². The van der Waals surface area contributed by atoms with E-state index in [1.807, 2.05) is 12.3 Å². The number of carbonyl (C=O) groups is 2. The summed E-state index contributed by atoms with van der Waals surface area (Å²) in [4.78, 5) is 29.5. The van der Waals surface area contributed by atoms with Crippen molar-refractivity contribution < 1.29 is 14.3 Å². The Morgan fingerprint density at radius 3 is 3.10 bits per heavy atom. The summed E-state index contributed by atoms with van der Waals surface area (Å²) in [5.41, 5.74) is 0.701. The monoisotopic (exact) mass is 297 g/mol. The molecule has 0 bridgehead atoms. The van der Waals surface area contributed by atoms with E-state index in [1.54, 1.807) is 12.0 Å². The summed E-state index contributed by atoms with van der Waals surface area (Å²) in [5.74, 6) is 0.0308. The van der Waals surface area contributed by atoms with Gasteiger partial charge in [-0.05, 0) is 13.3 Å². The number of amides is 2. The van der Waals surface area contributed by atoms with E-state index >= 15 is 0 Å². The maximum atomic E-state index is 11.8. The predicted octanol–water partition coefficient (Wildman–Crippen LogP) is 0.963. The molecule has 1 saturated heterocycles. The molecule has 110 valence electrons. The van der Waals surface area contributed by atoms with Crippen LogP contribution in [0.4, 0.5) is 5.13 Å². The molecule has 1 aromatic rings. The summed E-state index contributed by atoms with van der Waals surface area (Å²) < 4.78 is 4.97. The lowest BCUT2D eigenvalue weighted by molar-refractivity contribution is -0.121. The van der Waals surface area contributed by atoms with Crippen LogP contribution in [0.5, 0.6) is 0 Å². The van der Waals surface area contributed by atoms with Gasteiger partial charge in [-0.1, -0.05) is 0 Å². The Balaban J connectivity index is 1.89. The molecule has 0 radical (unpaired) electrons. The molecule has 20 heavy (non-hydrogen) atoms. The highest BCUT2D eigenvalue weighted by molar-refractivity contribution is 7.14. The van der Waals surface area contributed by atoms with Crippen molar-refractivity contribution in [1.82, 2.24) is 10.3 Å². The number of hydrogen-bond acceptors (Lipinski definition) is 5. The number of thiazole rings is 1. The van der Waals surface area contributed by atoms with Crippen molar-refractivity contribution in [2.45, 2.75) is 32.2 Å². The number of aromatic nitrogens is 1. The maximum Gasteiger partial charge on any atom is 0.228 e. The van der Waals surface area contributed by atoms with E-state index in [4.69, 9.17) is 4.74 Å². The second-order valence-corrected chi connectivity index (χ2v) is 5.71. The largest absolute Gasteiger partial charge is 0.383 e. The number of carbonyl (C=O) groups excluding carboxylic acids is 2. The van der Waals surface area contributed by atoms with Crippen LogP contribution >= 0.6 is 11.3 Å². The van der Waals surface area contributed by atoms with Crippen LogP contribution in [-0.2, 0) is 20.7 Å². The average Bonchev–Trinajstić information content (AvgIpc) is 2.98. The second-order valence-electron chi connectivity index (χ2n) is 4.87. The van der Waals surface area contributed by atoms with Gasteiger partial charge in [0, 0.05) is 31.5 Å². The molecule has 0 unspecified atom stereocenters. The molecule has 0 spiro atoms. The smallest absolute Gasteiger partial charge is 0.228 e. The van der Waals surface area contributed by atoms with Gasteiger partial charge >= 0.3 is 0 Å². The summed E-state index contributed by atoms with van der Waals surface area (Å²) in [7, 11) is 1.60. The molecule has 0 saturated carbocycles. The van der Waals surface area contributed by atoms with E-state index < -0.39 is 0 Å². The summed E-state index contributed by atoms with van der Waals surface area (Å²) in [6.45, 7) is 3.09. The van der Waals surface area contributed by atoms with Gasteiger partial charge in [-0.2, -0.15) is 0 Å². The van der Waals surface area contributed by atoms with Crippen molar-refractivity contribution in [3.63, 3.8) is 0 Å². The minimum absolute atomic E-state index is 0.0224. The first-order valence-electron chi connectivity index (χ1n) is 6.63. The van der Waals surface area contributed by atoms with Crippen molar-refractivity contribution in [3.05, 3.63) is 11.1 Å². The molecular weight excluding hydrogens is 278 g/mol. The molecule has 2 rings (SSSR count). The fourth-order valence-corrected chi connectivity index (χ4v) is 3.00. The van der Waals surface area contributed by atoms with Crippen molar-refractivity contribution in [2.75, 3.05) is 25.2 Å². The molecule has 1 fully saturated rings. The number of anilines is 1. The Hall–Kier alpha value is -1.47. The van der Waals surface area contributed by atoms with Gasteiger partial charge in [0.1, 0.15) is 0 Å². The first-order valence-corrected chi connectivity index (χ1v) is 7.51. The van der Waals surface area contributed by atoms with Crippen LogP contribution < -0.4 is 10.2 Å². The van der Waals surface area contributed by atoms with E-state index in [1.165, 1.54) is 11.3 Å². The lowest BCUT2D eigenvalue weighted by Crippen LogP contribution is -2.36. The van der Waals surface area contributed by atoms with Gasteiger partial charge in [-0.25, -0.2) is 4.98 Å². The van der Waals surface area contributed by atoms with Crippen molar-refractivity contribution in [3.8, 4) is 0 Å². The zero-order valence-corrected chi connectivity index (χ0v) is 12.5. The van der Waals surface area contributed by atoms with E-state index in [9.17, 15) is 9.59 Å². The third kappa shape index (κ3) is 3.77. The Kier molecular flexibility index (Phi) is 5.08. The lowest BCUT2D eigenvalue weighted by atomic mass is 10.3. The number of ether oxygens (including phenoxy) is 1. The summed E-state index contributed by atoms with van der Waals surface area (Å²) in [6.07, 6.45) is 1.69. The highest BCUT2D eigenvalue weighted by Crippen LogP contribution is 2.25. The quantitative estimate of drug-likeness (QED) is 0.849. The van der Waals surface area contributed by atoms with Crippen LogP contribution in [0.15, 0.2) is 5.38 Å². The molecule has 0 aromatic carbocycles. The second kappa shape index (κ2) is 6.81. The molecule has 2 amide bonds. The van der Waals surface area contributed by atoms with E-state index in [0.717, 1.165) is 13.0 Å². The van der Waals surface area contributed by atoms with Crippen molar-refractivity contribution in [2.24, 2.45) is 0 Å². The Morgan fingerprint density at radius 2 is 2.45 bits per heavy atom. The minimum Gasteiger partial charge on any atom is -0.383 e. The van der Waals surface area contributed by atoms with E-state index in [0.29, 0.717) is 23.9 Å². The van der Waals surface area contributed by atoms with Crippen LogP contribution in [0, 0.1) is 0 Å². The van der Waals surface area contributed by atoms with Crippen molar-refractivity contribution in [1.29, 1.82) is 0 Å². The standard InChI is InChI=1S/C13H19N3O3S/c1-9(7-19-2)14-11(17)6-10-8-20-13(15-10)16-5-3-4-12(16)18/h8-9H,3-7H2,1-2H3,(H,14,17)/t9-/m0/s1. The third-order valence-electron chi connectivity index (χ3n) is 3.01. The molecule has 7 heteroatoms. The molecule has 1 aromatic heterocycles. The van der Waals surface area contributed by atoms with Crippen LogP contribution in [0.25, 0.3) is 0 Å². The molecule has 0 aliphatic carbocycles. The Labute approximate surface area is 122 Å². The first kappa shape index (κ1) is 14.9. The number of rotatable bonds is 6. The third-order valence-corrected chi connectivity index (χ3v) is 3.92. The van der Waals surface area contributed by atoms with Gasteiger partial charge in [0.25, 0.3) is 0 Å². The zero-order chi connectivity index (χ0) is 14.5. The SMILES string of the molecule is COC[C@H](C)NC(=O)Cc1csc(N2CCCC2=O)n1. The summed E-state index contributed by atoms with van der Waals surface area (Å²) in [6, 6.07) is -0.0224. The highest BCUT2D eigenvalue weighted by atomic mass is 32.1. The predicted molar refractivity (Wildman–Crippen MR) is 76.9 cm³/mol. The maximum absolute atomic E-state index is 11.8. The highest BCUT2D eigenvalue weighted by Gasteiger charge is 2.24. The first-order chi connectivity index (χ1) is 9.60. The number of methoxy groups -OCH3 is 1. The molecule has 1 aliphatic heterocycles. The van der Waals surface area contributed by atoms with E-state index in [-0.39, 0.29) is 24.3 Å². The number of hydrogen-bond donors (Lipinski definition) is 1. The van der Waals surface area contributed by atoms with Gasteiger partial charge < -0.3 is 10.1 Å². The molecular formula is C13H19N3O3S. The van der Waals surface area contributed by atoms with Crippen LogP contribution in [-0.4, -0.2) is 43.1 Å². The number of nitrogens with one attached hydrogen (secondary N) is 1.